The molecule has 0 atom stereocenters. The molecule has 9 heteroatoms. The smallest absolute Gasteiger partial charge is 0.342 e. The molecule has 6 aromatic rings. The zero-order chi connectivity index (χ0) is 32.1. The van der Waals surface area contributed by atoms with Gasteiger partial charge in [0, 0.05) is 54.6 Å². The van der Waals surface area contributed by atoms with Crippen LogP contribution in [0.15, 0.2) is 79.3 Å². The lowest BCUT2D eigenvalue weighted by atomic mass is 9.95. The van der Waals surface area contributed by atoms with Gasteiger partial charge in [-0.15, -0.1) is 0 Å². The van der Waals surface area contributed by atoms with Crippen LogP contribution in [-0.4, -0.2) is 44.4 Å². The Labute approximate surface area is 273 Å². The highest BCUT2D eigenvalue weighted by molar-refractivity contribution is 6.07. The minimum Gasteiger partial charge on any atom is -0.494 e. The van der Waals surface area contributed by atoms with E-state index in [2.05, 4.69) is 46.6 Å². The third-order valence-electron chi connectivity index (χ3n) is 9.36. The van der Waals surface area contributed by atoms with Crippen LogP contribution in [0.3, 0.4) is 0 Å². The van der Waals surface area contributed by atoms with Crippen LogP contribution < -0.4 is 9.64 Å². The summed E-state index contributed by atoms with van der Waals surface area (Å²) in [4.78, 5) is 28.9. The summed E-state index contributed by atoms with van der Waals surface area (Å²) < 4.78 is 13.8. The van der Waals surface area contributed by atoms with Crippen LogP contribution in [0, 0.1) is 13.8 Å². The van der Waals surface area contributed by atoms with Crippen LogP contribution in [0.25, 0.3) is 27.8 Å². The van der Waals surface area contributed by atoms with E-state index in [0.717, 1.165) is 74.7 Å². The van der Waals surface area contributed by atoms with E-state index < -0.39 is 5.97 Å². The predicted molar refractivity (Wildman–Crippen MR) is 181 cm³/mol. The Morgan fingerprint density at radius 1 is 1.00 bits per heavy atom. The number of anilines is 1. The lowest BCUT2D eigenvalue weighted by Crippen LogP contribution is -2.31. The van der Waals surface area contributed by atoms with Gasteiger partial charge in [-0.1, -0.05) is 48.5 Å². The number of hydrogen-bond acceptors (Lipinski definition) is 7. The van der Waals surface area contributed by atoms with Crippen molar-refractivity contribution in [3.63, 3.8) is 0 Å². The van der Waals surface area contributed by atoms with Crippen molar-refractivity contribution in [2.45, 2.75) is 52.2 Å². The zero-order valence-electron chi connectivity index (χ0n) is 26.8. The molecule has 8 rings (SSSR count). The van der Waals surface area contributed by atoms with Crippen molar-refractivity contribution in [3.8, 4) is 22.7 Å². The summed E-state index contributed by atoms with van der Waals surface area (Å²) in [5, 5.41) is 6.20. The summed E-state index contributed by atoms with van der Waals surface area (Å²) in [5.41, 5.74) is 10.4. The molecule has 1 fully saturated rings. The summed E-state index contributed by atoms with van der Waals surface area (Å²) in [6.45, 7) is 5.73. The van der Waals surface area contributed by atoms with Crippen molar-refractivity contribution < 1.29 is 14.3 Å². The third-order valence-corrected chi connectivity index (χ3v) is 9.36. The number of esters is 1. The number of aromatic nitrogens is 5. The third kappa shape index (κ3) is 5.21. The maximum absolute atomic E-state index is 13.8. The number of methoxy groups -OCH3 is 1. The first kappa shape index (κ1) is 29.0. The van der Waals surface area contributed by atoms with E-state index in [-0.39, 0.29) is 6.61 Å². The Morgan fingerprint density at radius 2 is 1.77 bits per heavy atom. The largest absolute Gasteiger partial charge is 0.494 e. The number of fused-ring (bicyclic) bond motifs is 2. The van der Waals surface area contributed by atoms with Crippen molar-refractivity contribution in [2.24, 2.45) is 0 Å². The van der Waals surface area contributed by atoms with Crippen LogP contribution in [0.4, 0.5) is 5.95 Å². The van der Waals surface area contributed by atoms with Crippen molar-refractivity contribution in [3.05, 3.63) is 118 Å². The van der Waals surface area contributed by atoms with Gasteiger partial charge in [-0.05, 0) is 67.0 Å². The highest BCUT2D eigenvalue weighted by Crippen LogP contribution is 2.43. The number of carbonyl (C=O) groups excluding carboxylic acids is 1. The van der Waals surface area contributed by atoms with Crippen LogP contribution in [0.5, 0.6) is 5.75 Å². The van der Waals surface area contributed by atoms with E-state index in [1.165, 1.54) is 18.4 Å². The molecule has 3 aromatic carbocycles. The standard InChI is InChI=1S/C38H36N6O3/c1-23-8-7-9-24(2)34(23)44-35(31-21-43(17-15-32(31)42-44)38-40-19-27(20-41-38)26-12-13-26)29-18-30(36(46-3)33-28(29)14-16-39-33)37(45)47-22-25-10-5-4-6-11-25/h4-11,14,16,18-20,26,39H,12-13,15,17,21-22H2,1-3H3. The molecule has 2 aliphatic rings. The minimum absolute atomic E-state index is 0.158. The highest BCUT2D eigenvalue weighted by atomic mass is 16.5. The molecule has 0 unspecified atom stereocenters. The van der Waals surface area contributed by atoms with Gasteiger partial charge in [-0.2, -0.15) is 5.10 Å². The number of nitrogens with one attached hydrogen (secondary N) is 1. The first-order valence-corrected chi connectivity index (χ1v) is 16.1. The zero-order valence-corrected chi connectivity index (χ0v) is 26.8. The van der Waals surface area contributed by atoms with E-state index in [9.17, 15) is 4.79 Å². The Kier molecular flexibility index (Phi) is 7.24. The molecule has 0 amide bonds. The number of H-pyrrole nitrogens is 1. The molecule has 0 spiro atoms. The van der Waals surface area contributed by atoms with Gasteiger partial charge in [-0.25, -0.2) is 19.4 Å². The second-order valence-electron chi connectivity index (χ2n) is 12.5. The van der Waals surface area contributed by atoms with Crippen LogP contribution in [-0.2, 0) is 24.3 Å². The second-order valence-corrected chi connectivity index (χ2v) is 12.5. The van der Waals surface area contributed by atoms with Gasteiger partial charge >= 0.3 is 5.97 Å². The van der Waals surface area contributed by atoms with Crippen molar-refractivity contribution in [2.75, 3.05) is 18.6 Å². The molecular weight excluding hydrogens is 588 g/mol. The average molecular weight is 625 g/mol. The SMILES string of the molecule is COc1c(C(=O)OCc2ccccc2)cc(-c2c3c(nn2-c2c(C)cccc2C)CCN(c2ncc(C4CC4)cn2)C3)c2cc[nH]c12. The van der Waals surface area contributed by atoms with Crippen LogP contribution in [0.2, 0.25) is 0 Å². The molecule has 0 radical (unpaired) electrons. The number of para-hydroxylation sites is 1. The number of nitrogens with zero attached hydrogens (tertiary/aromatic N) is 5. The van der Waals surface area contributed by atoms with E-state index >= 15 is 0 Å². The predicted octanol–water partition coefficient (Wildman–Crippen LogP) is 7.23. The van der Waals surface area contributed by atoms with Gasteiger partial charge in [-0.3, -0.25) is 0 Å². The maximum Gasteiger partial charge on any atom is 0.342 e. The molecule has 3 aromatic heterocycles. The van der Waals surface area contributed by atoms with Crippen molar-refractivity contribution in [1.29, 1.82) is 0 Å². The van der Waals surface area contributed by atoms with E-state index in [0.29, 0.717) is 23.8 Å². The Hall–Kier alpha value is -5.44. The fourth-order valence-electron chi connectivity index (χ4n) is 6.81. The Morgan fingerprint density at radius 3 is 2.49 bits per heavy atom. The lowest BCUT2D eigenvalue weighted by molar-refractivity contribution is 0.0469. The number of rotatable bonds is 8. The fourth-order valence-corrected chi connectivity index (χ4v) is 6.81. The quantitative estimate of drug-likeness (QED) is 0.178. The van der Waals surface area contributed by atoms with Gasteiger partial charge in [0.25, 0.3) is 0 Å². The highest BCUT2D eigenvalue weighted by Gasteiger charge is 2.32. The topological polar surface area (TPSA) is 98.2 Å². The van der Waals surface area contributed by atoms with Gasteiger partial charge in [0.15, 0.2) is 5.75 Å². The Balaban J connectivity index is 1.28. The van der Waals surface area contributed by atoms with Gasteiger partial charge < -0.3 is 19.4 Å². The first-order valence-electron chi connectivity index (χ1n) is 16.1. The monoisotopic (exact) mass is 624 g/mol. The Bertz CT molecular complexity index is 2090. The summed E-state index contributed by atoms with van der Waals surface area (Å²) in [7, 11) is 1.58. The molecule has 236 valence electrons. The van der Waals surface area contributed by atoms with E-state index in [1.54, 1.807) is 7.11 Å². The van der Waals surface area contributed by atoms with Gasteiger partial charge in [0.05, 0.1) is 29.7 Å². The minimum atomic E-state index is -0.457. The molecular formula is C38H36N6O3. The number of benzene rings is 3. The number of carbonyl (C=O) groups is 1. The number of aryl methyl sites for hydroxylation is 2. The van der Waals surface area contributed by atoms with Crippen molar-refractivity contribution >= 4 is 22.8 Å². The van der Waals surface area contributed by atoms with E-state index in [1.807, 2.05) is 61.1 Å². The average Bonchev–Trinajstić information content (AvgIpc) is 3.72. The molecule has 1 N–H and O–H groups in total. The number of hydrogen-bond donors (Lipinski definition) is 1. The van der Waals surface area contributed by atoms with Crippen molar-refractivity contribution in [1.82, 2.24) is 24.7 Å². The van der Waals surface area contributed by atoms with E-state index in [4.69, 9.17) is 24.5 Å². The normalized spacial score (nSPS) is 14.3. The molecule has 4 heterocycles. The summed E-state index contributed by atoms with van der Waals surface area (Å²) in [6, 6.07) is 19.9. The molecule has 0 saturated heterocycles. The number of aromatic amines is 1. The fraction of sp³-hybridized carbons (Fsp3) is 0.263. The summed E-state index contributed by atoms with van der Waals surface area (Å²) >= 11 is 0. The molecule has 9 nitrogen and oxygen atoms in total. The molecule has 1 saturated carbocycles. The number of ether oxygens (including phenoxy) is 2. The summed E-state index contributed by atoms with van der Waals surface area (Å²) in [5.74, 6) is 1.31. The molecule has 1 aliphatic heterocycles. The van der Waals surface area contributed by atoms with Gasteiger partial charge in [0.1, 0.15) is 12.2 Å². The summed E-state index contributed by atoms with van der Waals surface area (Å²) in [6.07, 6.45) is 9.02. The van der Waals surface area contributed by atoms with Crippen LogP contribution in [0.1, 0.15) is 62.6 Å². The lowest BCUT2D eigenvalue weighted by Gasteiger charge is -2.27. The van der Waals surface area contributed by atoms with Gasteiger partial charge in [0.2, 0.25) is 5.95 Å². The molecule has 0 bridgehead atoms. The maximum atomic E-state index is 13.8. The molecule has 1 aliphatic carbocycles. The second kappa shape index (κ2) is 11.7. The van der Waals surface area contributed by atoms with Crippen LogP contribution >= 0.6 is 0 Å². The molecule has 47 heavy (non-hydrogen) atoms. The first-order chi connectivity index (χ1) is 23.0.